The highest BCUT2D eigenvalue weighted by Gasteiger charge is 2.54. The van der Waals surface area contributed by atoms with E-state index in [1.807, 2.05) is 24.3 Å². The van der Waals surface area contributed by atoms with Crippen LogP contribution in [0.3, 0.4) is 0 Å². The highest BCUT2D eigenvalue weighted by Crippen LogP contribution is 2.39. The van der Waals surface area contributed by atoms with Crippen molar-refractivity contribution < 1.29 is 19.1 Å². The molecule has 7 nitrogen and oxygen atoms in total. The molecule has 1 spiro atoms. The lowest BCUT2D eigenvalue weighted by Crippen LogP contribution is -2.47. The summed E-state index contributed by atoms with van der Waals surface area (Å²) in [4.78, 5) is 39.4. The highest BCUT2D eigenvalue weighted by molar-refractivity contribution is 6.31. The normalized spacial score (nSPS) is 20.4. The quantitative estimate of drug-likeness (QED) is 0.754. The monoisotopic (exact) mass is 413 g/mol. The second-order valence-electron chi connectivity index (χ2n) is 7.13. The Morgan fingerprint density at radius 2 is 2.07 bits per heavy atom. The van der Waals surface area contributed by atoms with E-state index in [0.717, 1.165) is 28.9 Å². The van der Waals surface area contributed by atoms with E-state index in [0.29, 0.717) is 22.9 Å². The van der Waals surface area contributed by atoms with Crippen LogP contribution in [0.25, 0.3) is 0 Å². The van der Waals surface area contributed by atoms with E-state index in [1.54, 1.807) is 18.2 Å². The Hall–Kier alpha value is -3.06. The number of carbonyl (C=O) groups is 3. The van der Waals surface area contributed by atoms with Gasteiger partial charge in [0.25, 0.3) is 5.91 Å². The molecule has 8 heteroatoms. The van der Waals surface area contributed by atoms with Gasteiger partial charge in [-0.3, -0.25) is 14.5 Å². The Morgan fingerprint density at radius 3 is 2.86 bits per heavy atom. The number of aryl methyl sites for hydroxylation is 1. The van der Waals surface area contributed by atoms with Gasteiger partial charge in [-0.1, -0.05) is 35.9 Å². The molecule has 0 saturated carbocycles. The molecule has 29 heavy (non-hydrogen) atoms. The van der Waals surface area contributed by atoms with Gasteiger partial charge in [0.2, 0.25) is 5.91 Å². The summed E-state index contributed by atoms with van der Waals surface area (Å²) in [5.41, 5.74) is 1.13. The molecule has 1 saturated heterocycles. The first-order chi connectivity index (χ1) is 13.9. The number of amides is 4. The second-order valence-corrected chi connectivity index (χ2v) is 7.57. The molecular weight excluding hydrogens is 394 g/mol. The van der Waals surface area contributed by atoms with Gasteiger partial charge in [0.1, 0.15) is 17.8 Å². The van der Waals surface area contributed by atoms with Crippen molar-refractivity contribution >= 4 is 35.1 Å². The Balaban J connectivity index is 1.55. The highest BCUT2D eigenvalue weighted by atomic mass is 35.5. The predicted molar refractivity (Wildman–Crippen MR) is 108 cm³/mol. The number of urea groups is 1. The first-order valence-corrected chi connectivity index (χ1v) is 9.68. The number of halogens is 1. The van der Waals surface area contributed by atoms with Crippen molar-refractivity contribution in [1.82, 2.24) is 10.2 Å². The molecule has 2 aromatic rings. The van der Waals surface area contributed by atoms with Gasteiger partial charge < -0.3 is 15.4 Å². The molecule has 4 amide bonds. The lowest BCUT2D eigenvalue weighted by Gasteiger charge is -2.33. The summed E-state index contributed by atoms with van der Waals surface area (Å²) >= 11 is 5.98. The number of hydrogen-bond acceptors (Lipinski definition) is 4. The smallest absolute Gasteiger partial charge is 0.325 e. The number of fused-ring (bicyclic) bond motifs is 2. The van der Waals surface area contributed by atoms with E-state index in [9.17, 15) is 14.4 Å². The van der Waals surface area contributed by atoms with Crippen LogP contribution < -0.4 is 15.4 Å². The molecule has 2 N–H and O–H groups in total. The molecule has 1 fully saturated rings. The zero-order valence-electron chi connectivity index (χ0n) is 15.8. The first kappa shape index (κ1) is 19.3. The summed E-state index contributed by atoms with van der Waals surface area (Å²) < 4.78 is 5.21. The minimum absolute atomic E-state index is 0.370. The van der Waals surface area contributed by atoms with Gasteiger partial charge in [-0.2, -0.15) is 0 Å². The fourth-order valence-corrected chi connectivity index (χ4v) is 4.24. The molecule has 4 rings (SSSR count). The molecule has 150 valence electrons. The van der Waals surface area contributed by atoms with Crippen LogP contribution in [-0.4, -0.2) is 36.4 Å². The SMILES string of the molecule is COc1ccc(Cl)cc1NC(=O)CN1C(=O)N[C@]2(CCCc3ccccc32)C1=O. The molecule has 0 radical (unpaired) electrons. The number of methoxy groups -OCH3 is 1. The maximum absolute atomic E-state index is 13.2. The van der Waals surface area contributed by atoms with Crippen molar-refractivity contribution in [1.29, 1.82) is 0 Å². The molecule has 0 unspecified atom stereocenters. The maximum atomic E-state index is 13.2. The van der Waals surface area contributed by atoms with Crippen LogP contribution in [0.1, 0.15) is 24.0 Å². The maximum Gasteiger partial charge on any atom is 0.325 e. The van der Waals surface area contributed by atoms with Crippen LogP contribution in [0.2, 0.25) is 5.02 Å². The third-order valence-electron chi connectivity index (χ3n) is 5.39. The molecule has 0 bridgehead atoms. The Labute approximate surface area is 173 Å². The van der Waals surface area contributed by atoms with Gasteiger partial charge in [-0.25, -0.2) is 4.79 Å². The van der Waals surface area contributed by atoms with E-state index in [4.69, 9.17) is 16.3 Å². The van der Waals surface area contributed by atoms with Gasteiger partial charge in [-0.15, -0.1) is 0 Å². The van der Waals surface area contributed by atoms with Crippen LogP contribution in [0.4, 0.5) is 10.5 Å². The lowest BCUT2D eigenvalue weighted by atomic mass is 9.76. The van der Waals surface area contributed by atoms with E-state index < -0.39 is 29.9 Å². The molecule has 1 aliphatic carbocycles. The van der Waals surface area contributed by atoms with Gasteiger partial charge >= 0.3 is 6.03 Å². The number of carbonyl (C=O) groups excluding carboxylic acids is 3. The van der Waals surface area contributed by atoms with Gasteiger partial charge in [-0.05, 0) is 48.6 Å². The first-order valence-electron chi connectivity index (χ1n) is 9.30. The molecule has 2 aromatic carbocycles. The third-order valence-corrected chi connectivity index (χ3v) is 5.62. The van der Waals surface area contributed by atoms with E-state index in [1.165, 1.54) is 7.11 Å². The average molecular weight is 414 g/mol. The van der Waals surface area contributed by atoms with E-state index in [-0.39, 0.29) is 0 Å². The van der Waals surface area contributed by atoms with Gasteiger partial charge in [0.05, 0.1) is 12.8 Å². The number of nitrogens with zero attached hydrogens (tertiary/aromatic N) is 1. The molecule has 1 atom stereocenters. The fourth-order valence-electron chi connectivity index (χ4n) is 4.07. The molecule has 1 heterocycles. The Morgan fingerprint density at radius 1 is 1.28 bits per heavy atom. The zero-order chi connectivity index (χ0) is 20.6. The molecule has 1 aliphatic heterocycles. The molecule has 2 aliphatic rings. The van der Waals surface area contributed by atoms with Crippen LogP contribution in [-0.2, 0) is 21.5 Å². The van der Waals surface area contributed by atoms with E-state index >= 15 is 0 Å². The summed E-state index contributed by atoms with van der Waals surface area (Å²) in [6.45, 7) is -0.399. The predicted octanol–water partition coefficient (Wildman–Crippen LogP) is 3.07. The van der Waals surface area contributed by atoms with Crippen LogP contribution >= 0.6 is 11.6 Å². The molecule has 0 aromatic heterocycles. The second kappa shape index (κ2) is 7.40. The van der Waals surface area contributed by atoms with Crippen molar-refractivity contribution in [2.75, 3.05) is 19.0 Å². The van der Waals surface area contributed by atoms with Crippen LogP contribution in [0.15, 0.2) is 42.5 Å². The van der Waals surface area contributed by atoms with Crippen molar-refractivity contribution in [3.05, 3.63) is 58.6 Å². The lowest BCUT2D eigenvalue weighted by molar-refractivity contribution is -0.134. The van der Waals surface area contributed by atoms with Crippen molar-refractivity contribution in [2.24, 2.45) is 0 Å². The number of rotatable bonds is 4. The third kappa shape index (κ3) is 3.31. The number of imide groups is 1. The number of ether oxygens (including phenoxy) is 1. The Bertz CT molecular complexity index is 1010. The van der Waals surface area contributed by atoms with E-state index in [2.05, 4.69) is 10.6 Å². The van der Waals surface area contributed by atoms with Crippen molar-refractivity contribution in [2.45, 2.75) is 24.8 Å². The largest absolute Gasteiger partial charge is 0.495 e. The van der Waals surface area contributed by atoms with Crippen LogP contribution in [0, 0.1) is 0 Å². The Kier molecular flexibility index (Phi) is 4.92. The minimum Gasteiger partial charge on any atom is -0.495 e. The standard InChI is InChI=1S/C21H20ClN3O4/c1-29-17-9-8-14(22)11-16(17)23-18(26)12-25-19(27)21(24-20(25)28)10-4-6-13-5-2-3-7-15(13)21/h2-3,5,7-9,11H,4,6,10,12H2,1H3,(H,23,26)(H,24,28)/t21-/m0/s1. The zero-order valence-corrected chi connectivity index (χ0v) is 16.6. The minimum atomic E-state index is -1.10. The number of anilines is 1. The van der Waals surface area contributed by atoms with Crippen molar-refractivity contribution in [3.63, 3.8) is 0 Å². The number of nitrogens with one attached hydrogen (secondary N) is 2. The summed E-state index contributed by atoms with van der Waals surface area (Å²) in [7, 11) is 1.47. The molecular formula is C21H20ClN3O4. The van der Waals surface area contributed by atoms with Crippen molar-refractivity contribution in [3.8, 4) is 5.75 Å². The summed E-state index contributed by atoms with van der Waals surface area (Å²) in [6, 6.07) is 11.8. The van der Waals surface area contributed by atoms with Crippen LogP contribution in [0.5, 0.6) is 5.75 Å². The number of benzene rings is 2. The fraction of sp³-hybridized carbons (Fsp3) is 0.286. The summed E-state index contributed by atoms with van der Waals surface area (Å²) in [6.07, 6.45) is 2.15. The number of hydrogen-bond donors (Lipinski definition) is 2. The summed E-state index contributed by atoms with van der Waals surface area (Å²) in [5.74, 6) is -0.490. The average Bonchev–Trinajstić information content (AvgIpc) is 2.93. The van der Waals surface area contributed by atoms with Gasteiger partial charge in [0.15, 0.2) is 0 Å². The van der Waals surface area contributed by atoms with Gasteiger partial charge in [0, 0.05) is 5.02 Å². The topological polar surface area (TPSA) is 87.7 Å². The summed E-state index contributed by atoms with van der Waals surface area (Å²) in [5, 5.41) is 5.92.